The number of nitrogens with zero attached hydrogens (tertiary/aromatic N) is 4. The second kappa shape index (κ2) is 6.50. The van der Waals surface area contributed by atoms with Gasteiger partial charge in [-0.3, -0.25) is 0 Å². The average molecular weight is 275 g/mol. The zero-order valence-electron chi connectivity index (χ0n) is 12.2. The van der Waals surface area contributed by atoms with Crippen LogP contribution in [0.1, 0.15) is 31.4 Å². The minimum Gasteiger partial charge on any atom is -0.341 e. The molecule has 2 saturated heterocycles. The molecule has 1 aromatic heterocycles. The first-order valence-electron chi connectivity index (χ1n) is 7.84. The molecule has 0 bridgehead atoms. The molecule has 0 aromatic carbocycles. The summed E-state index contributed by atoms with van der Waals surface area (Å²) >= 11 is 0. The van der Waals surface area contributed by atoms with Gasteiger partial charge in [-0.25, -0.2) is 9.97 Å². The van der Waals surface area contributed by atoms with Crippen molar-refractivity contribution in [3.63, 3.8) is 0 Å². The summed E-state index contributed by atoms with van der Waals surface area (Å²) in [6.45, 7) is 6.54. The monoisotopic (exact) mass is 275 g/mol. The van der Waals surface area contributed by atoms with E-state index < -0.39 is 0 Å². The maximum absolute atomic E-state index is 5.65. The molecule has 0 spiro atoms. The van der Waals surface area contributed by atoms with Crippen LogP contribution >= 0.6 is 0 Å². The van der Waals surface area contributed by atoms with Crippen molar-refractivity contribution in [1.29, 1.82) is 0 Å². The van der Waals surface area contributed by atoms with Crippen LogP contribution in [0.25, 0.3) is 0 Å². The van der Waals surface area contributed by atoms with Crippen molar-refractivity contribution in [3.05, 3.63) is 18.0 Å². The minimum atomic E-state index is 0.487. The predicted molar refractivity (Wildman–Crippen MR) is 80.5 cm³/mol. The molecule has 5 heteroatoms. The van der Waals surface area contributed by atoms with E-state index in [9.17, 15) is 0 Å². The molecule has 3 rings (SSSR count). The third-order valence-corrected chi connectivity index (χ3v) is 4.52. The van der Waals surface area contributed by atoms with E-state index in [1.54, 1.807) is 0 Å². The lowest BCUT2D eigenvalue weighted by Crippen LogP contribution is -2.39. The Balaban J connectivity index is 1.52. The molecule has 110 valence electrons. The fourth-order valence-corrected chi connectivity index (χ4v) is 3.30. The highest BCUT2D eigenvalue weighted by Crippen LogP contribution is 2.22. The van der Waals surface area contributed by atoms with E-state index in [0.717, 1.165) is 30.6 Å². The van der Waals surface area contributed by atoms with Crippen LogP contribution < -0.4 is 10.6 Å². The van der Waals surface area contributed by atoms with Crippen LogP contribution in [0.5, 0.6) is 0 Å². The Hall–Kier alpha value is -1.20. The van der Waals surface area contributed by atoms with E-state index in [1.165, 1.54) is 45.3 Å². The normalized spacial score (nSPS) is 21.6. The molecule has 0 aliphatic carbocycles. The Bertz CT molecular complexity index is 422. The first-order valence-corrected chi connectivity index (χ1v) is 7.84. The summed E-state index contributed by atoms with van der Waals surface area (Å²) in [5.74, 6) is 1.70. The van der Waals surface area contributed by atoms with Crippen LogP contribution in [0.3, 0.4) is 0 Å². The molecule has 2 N–H and O–H groups in total. The summed E-state index contributed by atoms with van der Waals surface area (Å²) in [6.07, 6.45) is 7.11. The second-order valence-electron chi connectivity index (χ2n) is 5.99. The first kappa shape index (κ1) is 13.8. The topological polar surface area (TPSA) is 58.3 Å². The minimum absolute atomic E-state index is 0.487. The molecule has 0 amide bonds. The number of likely N-dealkylation sites (tertiary alicyclic amines) is 1. The summed E-state index contributed by atoms with van der Waals surface area (Å²) in [6, 6.07) is 1.89. The zero-order chi connectivity index (χ0) is 13.8. The highest BCUT2D eigenvalue weighted by atomic mass is 15.3. The smallest absolute Gasteiger partial charge is 0.225 e. The average Bonchev–Trinajstić information content (AvgIpc) is 3.01. The predicted octanol–water partition coefficient (Wildman–Crippen LogP) is 1.25. The highest BCUT2D eigenvalue weighted by Gasteiger charge is 2.23. The van der Waals surface area contributed by atoms with Crippen LogP contribution in [0.4, 0.5) is 5.95 Å². The van der Waals surface area contributed by atoms with Crippen LogP contribution in [0.15, 0.2) is 12.3 Å². The number of piperidine rings is 1. The van der Waals surface area contributed by atoms with Gasteiger partial charge in [-0.1, -0.05) is 0 Å². The van der Waals surface area contributed by atoms with Crippen LogP contribution in [-0.2, 0) is 6.54 Å². The van der Waals surface area contributed by atoms with Crippen molar-refractivity contribution in [1.82, 2.24) is 14.9 Å². The van der Waals surface area contributed by atoms with Gasteiger partial charge in [0.25, 0.3) is 0 Å². The van der Waals surface area contributed by atoms with Gasteiger partial charge in [0.2, 0.25) is 5.95 Å². The molecule has 3 heterocycles. The van der Waals surface area contributed by atoms with Gasteiger partial charge in [-0.05, 0) is 50.8 Å². The fraction of sp³-hybridized carbons (Fsp3) is 0.733. The molecule has 2 aliphatic rings. The molecular weight excluding hydrogens is 250 g/mol. The molecule has 20 heavy (non-hydrogen) atoms. The van der Waals surface area contributed by atoms with Gasteiger partial charge in [-0.15, -0.1) is 0 Å². The molecule has 0 saturated carbocycles. The van der Waals surface area contributed by atoms with Gasteiger partial charge in [0.15, 0.2) is 0 Å². The lowest BCUT2D eigenvalue weighted by molar-refractivity contribution is 0.249. The van der Waals surface area contributed by atoms with Gasteiger partial charge in [0.05, 0.1) is 5.69 Å². The maximum atomic E-state index is 5.65. The Labute approximate surface area is 121 Å². The fourth-order valence-electron chi connectivity index (χ4n) is 3.30. The number of anilines is 1. The summed E-state index contributed by atoms with van der Waals surface area (Å²) in [7, 11) is 0. The molecular formula is C15H25N5. The lowest BCUT2D eigenvalue weighted by atomic mass is 9.96. The van der Waals surface area contributed by atoms with Gasteiger partial charge in [0, 0.05) is 32.4 Å². The largest absolute Gasteiger partial charge is 0.341 e. The van der Waals surface area contributed by atoms with Crippen LogP contribution in [0, 0.1) is 5.92 Å². The van der Waals surface area contributed by atoms with Crippen molar-refractivity contribution >= 4 is 5.95 Å². The third kappa shape index (κ3) is 3.27. The maximum Gasteiger partial charge on any atom is 0.225 e. The summed E-state index contributed by atoms with van der Waals surface area (Å²) < 4.78 is 0. The molecule has 0 atom stereocenters. The molecule has 2 fully saturated rings. The molecule has 0 radical (unpaired) electrons. The molecule has 5 nitrogen and oxygen atoms in total. The first-order chi connectivity index (χ1) is 9.85. The van der Waals surface area contributed by atoms with E-state index in [2.05, 4.69) is 19.8 Å². The van der Waals surface area contributed by atoms with Crippen molar-refractivity contribution in [2.45, 2.75) is 32.2 Å². The Morgan fingerprint density at radius 3 is 2.60 bits per heavy atom. The summed E-state index contributed by atoms with van der Waals surface area (Å²) in [4.78, 5) is 13.8. The van der Waals surface area contributed by atoms with Crippen molar-refractivity contribution in [2.75, 3.05) is 37.6 Å². The number of hydrogen-bond donors (Lipinski definition) is 1. The lowest BCUT2D eigenvalue weighted by Gasteiger charge is -2.33. The van der Waals surface area contributed by atoms with Crippen LogP contribution in [-0.4, -0.2) is 47.6 Å². The van der Waals surface area contributed by atoms with Crippen molar-refractivity contribution < 1.29 is 0 Å². The number of rotatable bonds is 4. The SMILES string of the molecule is NCc1ccnc(N2CCC(CN3CCCC3)CC2)n1. The summed E-state index contributed by atoms with van der Waals surface area (Å²) in [5.41, 5.74) is 6.57. The van der Waals surface area contributed by atoms with E-state index in [0.29, 0.717) is 6.54 Å². The van der Waals surface area contributed by atoms with Crippen LogP contribution in [0.2, 0.25) is 0 Å². The Kier molecular flexibility index (Phi) is 4.47. The van der Waals surface area contributed by atoms with E-state index in [4.69, 9.17) is 5.73 Å². The molecule has 0 unspecified atom stereocenters. The number of hydrogen-bond acceptors (Lipinski definition) is 5. The van der Waals surface area contributed by atoms with E-state index >= 15 is 0 Å². The van der Waals surface area contributed by atoms with Gasteiger partial charge < -0.3 is 15.5 Å². The number of aromatic nitrogens is 2. The number of nitrogens with two attached hydrogens (primary N) is 1. The van der Waals surface area contributed by atoms with Gasteiger partial charge in [-0.2, -0.15) is 0 Å². The third-order valence-electron chi connectivity index (χ3n) is 4.52. The summed E-state index contributed by atoms with van der Waals surface area (Å²) in [5, 5.41) is 0. The standard InChI is InChI=1S/C15H25N5/c16-11-14-3-6-17-15(18-14)20-9-4-13(5-10-20)12-19-7-1-2-8-19/h3,6,13H,1-2,4-5,7-12,16H2. The highest BCUT2D eigenvalue weighted by molar-refractivity contribution is 5.30. The van der Waals surface area contributed by atoms with E-state index in [-0.39, 0.29) is 0 Å². The quantitative estimate of drug-likeness (QED) is 0.896. The Morgan fingerprint density at radius 2 is 1.90 bits per heavy atom. The molecule has 1 aromatic rings. The zero-order valence-corrected chi connectivity index (χ0v) is 12.2. The van der Waals surface area contributed by atoms with Gasteiger partial charge in [0.1, 0.15) is 0 Å². The van der Waals surface area contributed by atoms with Crippen molar-refractivity contribution in [2.24, 2.45) is 11.7 Å². The molecule has 2 aliphatic heterocycles. The van der Waals surface area contributed by atoms with Crippen molar-refractivity contribution in [3.8, 4) is 0 Å². The van der Waals surface area contributed by atoms with E-state index in [1.807, 2.05) is 12.3 Å². The Morgan fingerprint density at radius 1 is 1.15 bits per heavy atom. The second-order valence-corrected chi connectivity index (χ2v) is 5.99. The van der Waals surface area contributed by atoms with Gasteiger partial charge >= 0.3 is 0 Å².